The van der Waals surface area contributed by atoms with Gasteiger partial charge >= 0.3 is 0 Å². The molecule has 0 bridgehead atoms. The molecule has 1 N–H and O–H groups in total. The lowest BCUT2D eigenvalue weighted by atomic mass is 9.94. The molecule has 7 heteroatoms. The van der Waals surface area contributed by atoms with Crippen LogP contribution in [0.4, 0.5) is 5.69 Å². The third kappa shape index (κ3) is 4.41. The van der Waals surface area contributed by atoms with Crippen molar-refractivity contribution in [1.29, 1.82) is 0 Å². The summed E-state index contributed by atoms with van der Waals surface area (Å²) in [6, 6.07) is 24.0. The summed E-state index contributed by atoms with van der Waals surface area (Å²) in [5, 5.41) is 3.08. The molecular formula is C24H24N2O4S. The highest BCUT2D eigenvalue weighted by Gasteiger charge is 2.36. The number of ether oxygens (including phenoxy) is 1. The Bertz CT molecular complexity index is 1190. The molecule has 1 aliphatic heterocycles. The van der Waals surface area contributed by atoms with Gasteiger partial charge in [-0.05, 0) is 35.7 Å². The molecule has 1 aliphatic rings. The summed E-state index contributed by atoms with van der Waals surface area (Å²) < 4.78 is 31.9. The van der Waals surface area contributed by atoms with E-state index in [2.05, 4.69) is 5.32 Å². The quantitative estimate of drug-likeness (QED) is 0.665. The van der Waals surface area contributed by atoms with Crippen LogP contribution in [0.3, 0.4) is 0 Å². The smallest absolute Gasteiger partial charge is 0.263 e. The predicted molar refractivity (Wildman–Crippen MR) is 121 cm³/mol. The first kappa shape index (κ1) is 20.9. The van der Waals surface area contributed by atoms with Gasteiger partial charge in [-0.1, -0.05) is 66.7 Å². The molecule has 0 aliphatic carbocycles. The number of carbonyl (C=O) groups excluding carboxylic acids is 1. The summed E-state index contributed by atoms with van der Waals surface area (Å²) in [5.41, 5.74) is 3.39. The Balaban J connectivity index is 1.66. The summed E-state index contributed by atoms with van der Waals surface area (Å²) in [5.74, 6) is -0.00765. The van der Waals surface area contributed by atoms with Crippen LogP contribution in [0.1, 0.15) is 22.7 Å². The van der Waals surface area contributed by atoms with Crippen molar-refractivity contribution in [3.63, 3.8) is 0 Å². The van der Waals surface area contributed by atoms with Gasteiger partial charge in [0.1, 0.15) is 5.75 Å². The molecule has 0 spiro atoms. The molecule has 0 saturated carbocycles. The molecule has 0 radical (unpaired) electrons. The first-order valence-electron chi connectivity index (χ1n) is 9.99. The van der Waals surface area contributed by atoms with E-state index in [0.29, 0.717) is 11.4 Å². The lowest BCUT2D eigenvalue weighted by Gasteiger charge is -2.34. The fourth-order valence-electron chi connectivity index (χ4n) is 3.78. The van der Waals surface area contributed by atoms with Crippen LogP contribution in [0.2, 0.25) is 0 Å². The zero-order valence-corrected chi connectivity index (χ0v) is 18.2. The van der Waals surface area contributed by atoms with Crippen LogP contribution < -0.4 is 14.4 Å². The monoisotopic (exact) mass is 436 g/mol. The van der Waals surface area contributed by atoms with Crippen LogP contribution in [0.5, 0.6) is 5.75 Å². The van der Waals surface area contributed by atoms with Crippen molar-refractivity contribution in [1.82, 2.24) is 5.32 Å². The molecule has 3 aromatic rings. The molecule has 2 atom stereocenters. The summed E-state index contributed by atoms with van der Waals surface area (Å²) in [4.78, 5) is 13.3. The average molecular weight is 437 g/mol. The van der Waals surface area contributed by atoms with E-state index in [1.165, 1.54) is 4.31 Å². The number of nitrogens with one attached hydrogen (secondary N) is 1. The maximum Gasteiger partial charge on any atom is 0.263 e. The normalized spacial score (nSPS) is 16.7. The van der Waals surface area contributed by atoms with Crippen molar-refractivity contribution in [2.45, 2.75) is 19.1 Å². The first-order chi connectivity index (χ1) is 14.8. The van der Waals surface area contributed by atoms with Crippen molar-refractivity contribution in [2.75, 3.05) is 17.1 Å². The third-order valence-corrected chi connectivity index (χ3v) is 6.49. The van der Waals surface area contributed by atoms with Crippen LogP contribution in [0.15, 0.2) is 78.9 Å². The molecule has 1 amide bonds. The molecule has 0 aromatic heterocycles. The van der Waals surface area contributed by atoms with Crippen molar-refractivity contribution < 1.29 is 17.9 Å². The molecule has 1 heterocycles. The van der Waals surface area contributed by atoms with Crippen LogP contribution in [-0.2, 0) is 14.8 Å². The Morgan fingerprint density at radius 2 is 1.65 bits per heavy atom. The van der Waals surface area contributed by atoms with Crippen LogP contribution in [0.25, 0.3) is 0 Å². The lowest BCUT2D eigenvalue weighted by molar-refractivity contribution is -0.128. The van der Waals surface area contributed by atoms with Gasteiger partial charge in [-0.15, -0.1) is 0 Å². The second kappa shape index (κ2) is 8.43. The number of carbonyl (C=O) groups is 1. The minimum atomic E-state index is -3.57. The topological polar surface area (TPSA) is 75.7 Å². The van der Waals surface area contributed by atoms with E-state index >= 15 is 0 Å². The maximum absolute atomic E-state index is 13.3. The number of fused-ring (bicyclic) bond motifs is 1. The van der Waals surface area contributed by atoms with Crippen LogP contribution in [-0.4, -0.2) is 33.2 Å². The van der Waals surface area contributed by atoms with Crippen molar-refractivity contribution in [3.8, 4) is 5.75 Å². The Morgan fingerprint density at radius 1 is 1.00 bits per heavy atom. The van der Waals surface area contributed by atoms with E-state index in [0.717, 1.165) is 22.9 Å². The van der Waals surface area contributed by atoms with Gasteiger partial charge in [0, 0.05) is 0 Å². The third-order valence-electron chi connectivity index (χ3n) is 5.35. The lowest BCUT2D eigenvalue weighted by Crippen LogP contribution is -2.51. The van der Waals surface area contributed by atoms with E-state index in [4.69, 9.17) is 4.74 Å². The molecule has 31 heavy (non-hydrogen) atoms. The Kier molecular flexibility index (Phi) is 5.69. The number of hydrogen-bond donors (Lipinski definition) is 1. The number of amides is 1. The number of benzene rings is 3. The summed E-state index contributed by atoms with van der Waals surface area (Å²) in [6.45, 7) is 1.91. The second-order valence-electron chi connectivity index (χ2n) is 7.58. The highest BCUT2D eigenvalue weighted by atomic mass is 32.2. The van der Waals surface area contributed by atoms with Gasteiger partial charge in [0.05, 0.1) is 24.5 Å². The van der Waals surface area contributed by atoms with Crippen molar-refractivity contribution in [3.05, 3.63) is 95.6 Å². The van der Waals surface area contributed by atoms with Gasteiger partial charge in [0.15, 0.2) is 6.10 Å². The van der Waals surface area contributed by atoms with Gasteiger partial charge in [-0.25, -0.2) is 8.42 Å². The molecule has 4 rings (SSSR count). The maximum atomic E-state index is 13.3. The number of hydrogen-bond acceptors (Lipinski definition) is 4. The van der Waals surface area contributed by atoms with Gasteiger partial charge in [0.2, 0.25) is 10.0 Å². The number of para-hydroxylation sites is 2. The zero-order valence-electron chi connectivity index (χ0n) is 17.4. The van der Waals surface area contributed by atoms with E-state index < -0.39 is 16.1 Å². The highest BCUT2D eigenvalue weighted by molar-refractivity contribution is 7.92. The predicted octanol–water partition coefficient (Wildman–Crippen LogP) is 3.43. The number of rotatable bonds is 5. The minimum absolute atomic E-state index is 0.0863. The number of anilines is 1. The molecule has 0 unspecified atom stereocenters. The number of nitrogens with zero attached hydrogens (tertiary/aromatic N) is 1. The van der Waals surface area contributed by atoms with Crippen molar-refractivity contribution in [2.24, 2.45) is 0 Å². The average Bonchev–Trinajstić information content (AvgIpc) is 2.77. The zero-order chi connectivity index (χ0) is 22.0. The summed E-state index contributed by atoms with van der Waals surface area (Å²) in [6.07, 6.45) is 0.157. The van der Waals surface area contributed by atoms with E-state index in [1.54, 1.807) is 24.3 Å². The fourth-order valence-corrected chi connectivity index (χ4v) is 4.70. The molecule has 0 saturated heterocycles. The molecule has 6 nitrogen and oxygen atoms in total. The molecular weight excluding hydrogens is 412 g/mol. The molecule has 160 valence electrons. The van der Waals surface area contributed by atoms with Gasteiger partial charge < -0.3 is 10.1 Å². The van der Waals surface area contributed by atoms with Crippen LogP contribution in [0, 0.1) is 6.92 Å². The fraction of sp³-hybridized carbons (Fsp3) is 0.208. The number of aryl methyl sites for hydroxylation is 1. The van der Waals surface area contributed by atoms with Gasteiger partial charge in [-0.3, -0.25) is 9.10 Å². The van der Waals surface area contributed by atoms with E-state index in [1.807, 2.05) is 61.5 Å². The van der Waals surface area contributed by atoms with E-state index in [-0.39, 0.29) is 18.5 Å². The standard InChI is InChI=1S/C24H24N2O4S/c1-17-10-6-7-13-19(17)23(18-11-4-3-5-12-18)25-24(27)22-16-26(31(2,28)29)20-14-8-9-15-21(20)30-22/h3-15,22-23H,16H2,1-2H3,(H,25,27)/t22-,23+/m1/s1. The molecule has 3 aromatic carbocycles. The number of sulfonamides is 1. The second-order valence-corrected chi connectivity index (χ2v) is 9.48. The summed E-state index contributed by atoms with van der Waals surface area (Å²) in [7, 11) is -3.57. The first-order valence-corrected chi connectivity index (χ1v) is 11.8. The Morgan fingerprint density at radius 3 is 2.35 bits per heavy atom. The van der Waals surface area contributed by atoms with Crippen molar-refractivity contribution >= 4 is 21.6 Å². The van der Waals surface area contributed by atoms with Gasteiger partial charge in [0.25, 0.3) is 5.91 Å². The van der Waals surface area contributed by atoms with E-state index in [9.17, 15) is 13.2 Å². The SMILES string of the molecule is Cc1ccccc1[C@@H](NC(=O)[C@H]1CN(S(C)(=O)=O)c2ccccc2O1)c1ccccc1. The minimum Gasteiger partial charge on any atom is -0.476 e. The molecule has 0 fully saturated rings. The van der Waals surface area contributed by atoms with Crippen LogP contribution >= 0.6 is 0 Å². The largest absolute Gasteiger partial charge is 0.476 e. The van der Waals surface area contributed by atoms with Gasteiger partial charge in [-0.2, -0.15) is 0 Å². The Labute approximate surface area is 182 Å². The highest BCUT2D eigenvalue weighted by Crippen LogP contribution is 2.35. The summed E-state index contributed by atoms with van der Waals surface area (Å²) >= 11 is 0. The Hall–Kier alpha value is -3.32.